The van der Waals surface area contributed by atoms with E-state index in [1.807, 2.05) is 14.0 Å². The first-order chi connectivity index (χ1) is 6.63. The number of hydrogen-bond donors (Lipinski definition) is 2. The Morgan fingerprint density at radius 2 is 2.57 bits per heavy atom. The van der Waals surface area contributed by atoms with E-state index in [1.54, 1.807) is 4.68 Å². The van der Waals surface area contributed by atoms with Crippen LogP contribution in [0.2, 0.25) is 0 Å². The van der Waals surface area contributed by atoms with Crippen molar-refractivity contribution in [3.63, 3.8) is 0 Å². The summed E-state index contributed by atoms with van der Waals surface area (Å²) >= 11 is 1.54. The molecule has 6 nitrogen and oxygen atoms in total. The highest BCUT2D eigenvalue weighted by molar-refractivity contribution is 7.99. The second-order valence-electron chi connectivity index (χ2n) is 2.89. The predicted molar refractivity (Wildman–Crippen MR) is 54.3 cm³/mol. The Morgan fingerprint density at radius 3 is 3.07 bits per heavy atom. The molecule has 0 saturated carbocycles. The molecule has 14 heavy (non-hydrogen) atoms. The summed E-state index contributed by atoms with van der Waals surface area (Å²) in [5.74, 6) is 0.229. The number of rotatable bonds is 4. The summed E-state index contributed by atoms with van der Waals surface area (Å²) in [6, 6.07) is 0. The van der Waals surface area contributed by atoms with Gasteiger partial charge in [-0.15, -0.1) is 0 Å². The van der Waals surface area contributed by atoms with Crippen molar-refractivity contribution in [3.8, 4) is 0 Å². The van der Waals surface area contributed by atoms with Crippen LogP contribution in [0.3, 0.4) is 0 Å². The van der Waals surface area contributed by atoms with Crippen molar-refractivity contribution in [2.24, 2.45) is 17.9 Å². The molecule has 0 spiro atoms. The fourth-order valence-electron chi connectivity index (χ4n) is 0.949. The van der Waals surface area contributed by atoms with Gasteiger partial charge in [0.2, 0.25) is 0 Å². The number of nitrogens with two attached hydrogens (primary N) is 1. The van der Waals surface area contributed by atoms with Gasteiger partial charge in [-0.3, -0.25) is 0 Å². The highest BCUT2D eigenvalue weighted by atomic mass is 32.2. The van der Waals surface area contributed by atoms with Gasteiger partial charge in [0.1, 0.15) is 12.2 Å². The van der Waals surface area contributed by atoms with Crippen molar-refractivity contribution >= 4 is 17.6 Å². The van der Waals surface area contributed by atoms with E-state index in [-0.39, 0.29) is 11.1 Å². The van der Waals surface area contributed by atoms with E-state index in [9.17, 15) is 0 Å². The second kappa shape index (κ2) is 4.85. The molecule has 0 radical (unpaired) electrons. The van der Waals surface area contributed by atoms with Gasteiger partial charge in [-0.25, -0.2) is 9.67 Å². The molecule has 0 bridgehead atoms. The third-order valence-corrected chi connectivity index (χ3v) is 2.75. The highest BCUT2D eigenvalue weighted by Gasteiger charge is 2.10. The minimum atomic E-state index is 0.203. The minimum absolute atomic E-state index is 0.203. The molecular formula is C7H13N5OS. The maximum atomic E-state index is 8.38. The number of aromatic nitrogens is 3. The Hall–Kier alpha value is -1.24. The zero-order valence-corrected chi connectivity index (χ0v) is 8.90. The summed E-state index contributed by atoms with van der Waals surface area (Å²) in [6.07, 6.45) is 2.02. The molecular weight excluding hydrogens is 202 g/mol. The molecule has 1 rings (SSSR count). The van der Waals surface area contributed by atoms with Crippen molar-refractivity contribution in [1.82, 2.24) is 14.8 Å². The van der Waals surface area contributed by atoms with E-state index in [4.69, 9.17) is 10.9 Å². The Balaban J connectivity index is 2.49. The van der Waals surface area contributed by atoms with Crippen LogP contribution in [0.1, 0.15) is 13.3 Å². The van der Waals surface area contributed by atoms with Gasteiger partial charge in [-0.2, -0.15) is 5.10 Å². The average molecular weight is 215 g/mol. The summed E-state index contributed by atoms with van der Waals surface area (Å²) in [5, 5.41) is 16.3. The minimum Gasteiger partial charge on any atom is -0.409 e. The summed E-state index contributed by atoms with van der Waals surface area (Å²) in [4.78, 5) is 4.06. The molecule has 78 valence electrons. The molecule has 0 fully saturated rings. The molecule has 1 atom stereocenters. The van der Waals surface area contributed by atoms with Crippen LogP contribution in [0.15, 0.2) is 16.6 Å². The number of nitrogens with zero attached hydrogens (tertiary/aromatic N) is 4. The van der Waals surface area contributed by atoms with Crippen LogP contribution in [-0.2, 0) is 7.05 Å². The molecule has 3 N–H and O–H groups in total. The topological polar surface area (TPSA) is 89.3 Å². The van der Waals surface area contributed by atoms with Crippen LogP contribution >= 0.6 is 11.8 Å². The standard InChI is InChI=1S/C7H13N5OS/c1-5(3-6(8)11-13)14-7-9-4-10-12(7)2/h4-5,13H,3H2,1-2H3,(H2,8,11). The van der Waals surface area contributed by atoms with Gasteiger partial charge in [-0.1, -0.05) is 23.8 Å². The van der Waals surface area contributed by atoms with Gasteiger partial charge in [0, 0.05) is 18.7 Å². The fraction of sp³-hybridized carbons (Fsp3) is 0.571. The van der Waals surface area contributed by atoms with E-state index >= 15 is 0 Å². The normalized spacial score (nSPS) is 14.3. The van der Waals surface area contributed by atoms with Crippen LogP contribution in [0.5, 0.6) is 0 Å². The summed E-state index contributed by atoms with van der Waals surface area (Å²) in [7, 11) is 1.82. The number of hydrogen-bond acceptors (Lipinski definition) is 5. The average Bonchev–Trinajstić information content (AvgIpc) is 2.51. The molecule has 1 unspecified atom stereocenters. The van der Waals surface area contributed by atoms with E-state index < -0.39 is 0 Å². The van der Waals surface area contributed by atoms with Crippen LogP contribution in [-0.4, -0.2) is 31.1 Å². The van der Waals surface area contributed by atoms with Gasteiger partial charge in [-0.05, 0) is 0 Å². The molecule has 0 aliphatic rings. The van der Waals surface area contributed by atoms with Gasteiger partial charge < -0.3 is 10.9 Å². The SMILES string of the molecule is CC(CC(N)=NO)Sc1ncnn1C. The molecule has 0 saturated heterocycles. The molecule has 0 aliphatic heterocycles. The van der Waals surface area contributed by atoms with Crippen molar-refractivity contribution in [2.45, 2.75) is 23.8 Å². The second-order valence-corrected chi connectivity index (χ2v) is 4.30. The maximum absolute atomic E-state index is 8.38. The molecule has 1 aromatic heterocycles. The Bertz CT molecular complexity index is 324. The first-order valence-electron chi connectivity index (χ1n) is 4.10. The van der Waals surface area contributed by atoms with Crippen molar-refractivity contribution in [3.05, 3.63) is 6.33 Å². The third-order valence-electron chi connectivity index (χ3n) is 1.60. The Kier molecular flexibility index (Phi) is 3.75. The van der Waals surface area contributed by atoms with E-state index in [0.29, 0.717) is 6.42 Å². The van der Waals surface area contributed by atoms with Crippen LogP contribution < -0.4 is 5.73 Å². The van der Waals surface area contributed by atoms with Crippen molar-refractivity contribution in [1.29, 1.82) is 0 Å². The zero-order valence-electron chi connectivity index (χ0n) is 8.08. The third kappa shape index (κ3) is 2.91. The maximum Gasteiger partial charge on any atom is 0.186 e. The van der Waals surface area contributed by atoms with E-state index in [2.05, 4.69) is 15.2 Å². The van der Waals surface area contributed by atoms with Gasteiger partial charge in [0.05, 0.1) is 0 Å². The number of oxime groups is 1. The monoisotopic (exact) mass is 215 g/mol. The molecule has 1 heterocycles. The van der Waals surface area contributed by atoms with Crippen LogP contribution in [0, 0.1) is 0 Å². The Morgan fingerprint density at radius 1 is 1.86 bits per heavy atom. The molecule has 1 aromatic rings. The van der Waals surface area contributed by atoms with Crippen LogP contribution in [0.4, 0.5) is 0 Å². The molecule has 0 aromatic carbocycles. The van der Waals surface area contributed by atoms with Gasteiger partial charge >= 0.3 is 0 Å². The summed E-state index contributed by atoms with van der Waals surface area (Å²) < 4.78 is 1.69. The zero-order chi connectivity index (χ0) is 10.6. The number of aryl methyl sites for hydroxylation is 1. The van der Waals surface area contributed by atoms with E-state index in [0.717, 1.165) is 5.16 Å². The lowest BCUT2D eigenvalue weighted by Gasteiger charge is -2.08. The quantitative estimate of drug-likeness (QED) is 0.250. The fourth-order valence-corrected chi connectivity index (χ4v) is 1.87. The predicted octanol–water partition coefficient (Wildman–Crippen LogP) is 0.432. The van der Waals surface area contributed by atoms with Crippen molar-refractivity contribution in [2.75, 3.05) is 0 Å². The molecule has 0 aliphatic carbocycles. The first-order valence-corrected chi connectivity index (χ1v) is 4.98. The highest BCUT2D eigenvalue weighted by Crippen LogP contribution is 2.21. The first kappa shape index (κ1) is 10.8. The summed E-state index contributed by atoms with van der Waals surface area (Å²) in [6.45, 7) is 1.98. The summed E-state index contributed by atoms with van der Waals surface area (Å²) in [5.41, 5.74) is 5.38. The molecule has 7 heteroatoms. The smallest absolute Gasteiger partial charge is 0.186 e. The number of amidine groups is 1. The van der Waals surface area contributed by atoms with Crippen LogP contribution in [0.25, 0.3) is 0 Å². The molecule has 0 amide bonds. The lowest BCUT2D eigenvalue weighted by atomic mass is 10.3. The lowest BCUT2D eigenvalue weighted by Crippen LogP contribution is -2.17. The van der Waals surface area contributed by atoms with E-state index in [1.165, 1.54) is 18.1 Å². The van der Waals surface area contributed by atoms with Crippen molar-refractivity contribution < 1.29 is 5.21 Å². The largest absolute Gasteiger partial charge is 0.409 e. The van der Waals surface area contributed by atoms with Gasteiger partial charge in [0.15, 0.2) is 5.16 Å². The Labute approximate surface area is 86.2 Å². The van der Waals surface area contributed by atoms with Gasteiger partial charge in [0.25, 0.3) is 0 Å². The number of thioether (sulfide) groups is 1. The lowest BCUT2D eigenvalue weighted by molar-refractivity contribution is 0.317.